The molecule has 8 rings (SSSR count). The van der Waals surface area contributed by atoms with Crippen LogP contribution in [0.25, 0.3) is 22.5 Å². The highest BCUT2D eigenvalue weighted by Crippen LogP contribution is 2.45. The number of hydrogen-bond donors (Lipinski definition) is 1. The molecular weight excluding hydrogens is 785 g/mol. The van der Waals surface area contributed by atoms with E-state index in [1.807, 2.05) is 103 Å². The predicted molar refractivity (Wildman–Crippen MR) is 246 cm³/mol. The van der Waals surface area contributed by atoms with Crippen LogP contribution in [0.5, 0.6) is 0 Å². The van der Waals surface area contributed by atoms with Gasteiger partial charge in [-0.1, -0.05) is 202 Å². The molecule has 1 heterocycles. The highest BCUT2D eigenvalue weighted by molar-refractivity contribution is 5.79. The second kappa shape index (κ2) is 20.9. The van der Waals surface area contributed by atoms with Crippen molar-refractivity contribution < 1.29 is 23.6 Å². The van der Waals surface area contributed by atoms with Gasteiger partial charge in [0.05, 0.1) is 6.61 Å². The van der Waals surface area contributed by atoms with Gasteiger partial charge in [-0.25, -0.2) is 15.2 Å². The van der Waals surface area contributed by atoms with Crippen LogP contribution >= 0.6 is 0 Å². The topological polar surface area (TPSA) is 107 Å². The molecule has 1 aliphatic rings. The summed E-state index contributed by atoms with van der Waals surface area (Å²) < 4.78 is 18.7. The van der Waals surface area contributed by atoms with Gasteiger partial charge in [0.1, 0.15) is 24.5 Å². The molecule has 9 heteroatoms. The van der Waals surface area contributed by atoms with Gasteiger partial charge in [0.15, 0.2) is 0 Å². The van der Waals surface area contributed by atoms with Crippen molar-refractivity contribution in [3.8, 4) is 22.5 Å². The third-order valence-electron chi connectivity index (χ3n) is 11.9. The molecule has 320 valence electrons. The van der Waals surface area contributed by atoms with E-state index in [9.17, 15) is 9.59 Å². The molecule has 1 N–H and O–H groups in total. The molecule has 1 amide bonds. The average molecular weight is 839 g/mol. The number of carbonyl (C=O) groups excluding carboxylic acids is 2. The molecule has 9 nitrogen and oxygen atoms in total. The van der Waals surface area contributed by atoms with Gasteiger partial charge < -0.3 is 18.8 Å². The second-order valence-corrected chi connectivity index (χ2v) is 16.0. The summed E-state index contributed by atoms with van der Waals surface area (Å²) >= 11 is 0. The Hall–Kier alpha value is -6.68. The molecule has 0 spiro atoms. The van der Waals surface area contributed by atoms with Gasteiger partial charge in [0.25, 0.3) is 0 Å². The molecule has 6 aromatic carbocycles. The number of hydrogen-bond acceptors (Lipinski definition) is 8. The maximum Gasteiger partial charge on any atom is 0.424 e. The Morgan fingerprint density at radius 3 is 1.86 bits per heavy atom. The number of ether oxygens (including phenoxy) is 2. The number of carbonyl (C=O) groups is 2. The summed E-state index contributed by atoms with van der Waals surface area (Å²) in [4.78, 5) is 32.1. The maximum absolute atomic E-state index is 14.4. The first-order valence-electron chi connectivity index (χ1n) is 22.1. The molecule has 0 fully saturated rings. The van der Waals surface area contributed by atoms with E-state index in [-0.39, 0.29) is 32.1 Å². The number of amides is 1. The van der Waals surface area contributed by atoms with E-state index in [0.717, 1.165) is 75.6 Å². The van der Waals surface area contributed by atoms with Gasteiger partial charge in [-0.15, -0.1) is 0 Å². The summed E-state index contributed by atoms with van der Waals surface area (Å²) in [5, 5.41) is 5.54. The molecule has 63 heavy (non-hydrogen) atoms. The van der Waals surface area contributed by atoms with Crippen molar-refractivity contribution in [1.29, 1.82) is 0 Å². The van der Waals surface area contributed by atoms with Crippen molar-refractivity contribution in [3.05, 3.63) is 203 Å². The molecule has 1 aliphatic carbocycles. The van der Waals surface area contributed by atoms with Crippen molar-refractivity contribution >= 4 is 12.4 Å². The molecule has 0 bridgehead atoms. The Kier molecular flexibility index (Phi) is 14.3. The van der Waals surface area contributed by atoms with Gasteiger partial charge in [-0.05, 0) is 57.3 Å². The van der Waals surface area contributed by atoms with Gasteiger partial charge in [0, 0.05) is 24.4 Å². The zero-order chi connectivity index (χ0) is 43.3. The fourth-order valence-corrected chi connectivity index (χ4v) is 8.64. The number of fused-ring (bicyclic) bond motifs is 3. The van der Waals surface area contributed by atoms with Crippen LogP contribution in [0.3, 0.4) is 0 Å². The van der Waals surface area contributed by atoms with Crippen molar-refractivity contribution in [2.75, 3.05) is 13.2 Å². The minimum absolute atomic E-state index is 0.104. The van der Waals surface area contributed by atoms with E-state index in [4.69, 9.17) is 14.0 Å². The quantitative estimate of drug-likeness (QED) is 0.0330. The number of benzene rings is 6. The van der Waals surface area contributed by atoms with Gasteiger partial charge in [-0.3, -0.25) is 0 Å². The fourth-order valence-electron chi connectivity index (χ4n) is 8.64. The SMILES string of the molecule is CCCCCCCc1nc(-c2ccc(CNN(C(=O)OCC3c4ccccc4-c4ccccc43)[C@H](C=O)CCOC(c3ccccc3)(c3ccccc3)c3ccccc3)cc2)no1. The van der Waals surface area contributed by atoms with E-state index in [1.165, 1.54) is 24.3 Å². The minimum Gasteiger partial charge on any atom is -0.447 e. The average Bonchev–Trinajstić information content (AvgIpc) is 3.95. The van der Waals surface area contributed by atoms with Crippen LogP contribution in [0, 0.1) is 0 Å². The molecule has 0 saturated heterocycles. The Bertz CT molecular complexity index is 2390. The van der Waals surface area contributed by atoms with Crippen molar-refractivity contribution in [1.82, 2.24) is 20.6 Å². The summed E-state index contributed by atoms with van der Waals surface area (Å²) in [5.41, 5.74) is 11.3. The number of hydrazine groups is 1. The lowest BCUT2D eigenvalue weighted by Crippen LogP contribution is -2.51. The Morgan fingerprint density at radius 1 is 0.730 bits per heavy atom. The van der Waals surface area contributed by atoms with Crippen LogP contribution in [0.4, 0.5) is 4.79 Å². The number of nitrogens with zero attached hydrogens (tertiary/aromatic N) is 3. The number of aldehydes is 1. The number of aryl methyl sites for hydroxylation is 1. The van der Waals surface area contributed by atoms with Crippen LogP contribution in [-0.4, -0.2) is 46.8 Å². The van der Waals surface area contributed by atoms with Gasteiger partial charge in [-0.2, -0.15) is 4.98 Å². The number of aromatic nitrogens is 2. The molecule has 0 radical (unpaired) electrons. The van der Waals surface area contributed by atoms with Crippen molar-refractivity contribution in [2.45, 2.75) is 76.0 Å². The molecule has 1 atom stereocenters. The van der Waals surface area contributed by atoms with Crippen molar-refractivity contribution in [3.63, 3.8) is 0 Å². The minimum atomic E-state index is -0.991. The normalized spacial score (nSPS) is 12.7. The lowest BCUT2D eigenvalue weighted by molar-refractivity contribution is -0.114. The molecule has 7 aromatic rings. The van der Waals surface area contributed by atoms with Gasteiger partial charge >= 0.3 is 6.09 Å². The summed E-state index contributed by atoms with van der Waals surface area (Å²) in [7, 11) is 0. The second-order valence-electron chi connectivity index (χ2n) is 16.0. The zero-order valence-corrected chi connectivity index (χ0v) is 35.8. The monoisotopic (exact) mass is 838 g/mol. The van der Waals surface area contributed by atoms with Gasteiger partial charge in [0.2, 0.25) is 11.7 Å². The number of rotatable bonds is 21. The molecule has 0 aliphatic heterocycles. The smallest absolute Gasteiger partial charge is 0.424 e. The van der Waals surface area contributed by atoms with Crippen LogP contribution < -0.4 is 5.43 Å². The Balaban J connectivity index is 1.02. The summed E-state index contributed by atoms with van der Waals surface area (Å²) in [6.45, 7) is 2.69. The number of nitrogens with one attached hydrogen (secondary N) is 1. The molecular formula is C54H54N4O5. The summed E-state index contributed by atoms with van der Waals surface area (Å²) in [5.74, 6) is 1.03. The highest BCUT2D eigenvalue weighted by atomic mass is 16.6. The van der Waals surface area contributed by atoms with Crippen LogP contribution in [0.15, 0.2) is 168 Å². The summed E-state index contributed by atoms with van der Waals surface area (Å²) in [6, 6.07) is 53.6. The Labute approximate surface area is 370 Å². The van der Waals surface area contributed by atoms with E-state index < -0.39 is 17.7 Å². The predicted octanol–water partition coefficient (Wildman–Crippen LogP) is 11.5. The first-order chi connectivity index (χ1) is 31.1. The van der Waals surface area contributed by atoms with Crippen LogP contribution in [-0.2, 0) is 32.8 Å². The summed E-state index contributed by atoms with van der Waals surface area (Å²) in [6.07, 6.45) is 6.91. The van der Waals surface area contributed by atoms with E-state index in [2.05, 4.69) is 83.2 Å². The van der Waals surface area contributed by atoms with E-state index >= 15 is 0 Å². The zero-order valence-electron chi connectivity index (χ0n) is 35.8. The molecule has 0 unspecified atom stereocenters. The number of unbranched alkanes of at least 4 members (excludes halogenated alkanes) is 4. The molecule has 0 saturated carbocycles. The third-order valence-corrected chi connectivity index (χ3v) is 11.9. The first kappa shape index (κ1) is 43.0. The molecule has 1 aromatic heterocycles. The highest BCUT2D eigenvalue weighted by Gasteiger charge is 2.38. The maximum atomic E-state index is 14.4. The van der Waals surface area contributed by atoms with Crippen LogP contribution in [0.2, 0.25) is 0 Å². The lowest BCUT2D eigenvalue weighted by atomic mass is 9.80. The fraction of sp³-hybridized carbons (Fsp3) is 0.259. The Morgan fingerprint density at radius 2 is 1.29 bits per heavy atom. The standard InChI is InChI=1S/C54H54N4O5/c1-2-3-4-5-15-30-51-56-52(57-63-51)41-33-31-40(32-34-41)37-55-58(53(60)61-39-50-48-28-18-16-26-46(48)47-27-17-19-29-49(47)50)45(38-59)35-36-62-54(42-20-9-6-10-21-42,43-22-11-7-12-23-43)44-24-13-8-14-25-44/h6-14,16-29,31-34,38,45,50,55H,2-5,15,30,35-37,39H2,1H3/t45-/m0/s1. The van der Waals surface area contributed by atoms with Crippen LogP contribution in [0.1, 0.15) is 90.6 Å². The van der Waals surface area contributed by atoms with Crippen molar-refractivity contribution in [2.24, 2.45) is 0 Å². The van der Waals surface area contributed by atoms with E-state index in [0.29, 0.717) is 11.7 Å². The lowest BCUT2D eigenvalue weighted by Gasteiger charge is -2.37. The first-order valence-corrected chi connectivity index (χ1v) is 22.1. The van der Waals surface area contributed by atoms with E-state index in [1.54, 1.807) is 0 Å². The largest absolute Gasteiger partial charge is 0.447 e. The third kappa shape index (κ3) is 9.86.